The van der Waals surface area contributed by atoms with Gasteiger partial charge in [0.15, 0.2) is 5.13 Å². The van der Waals surface area contributed by atoms with Gasteiger partial charge >= 0.3 is 6.09 Å². The summed E-state index contributed by atoms with van der Waals surface area (Å²) in [4.78, 5) is 31.6. The molecule has 0 saturated carbocycles. The molecule has 1 aliphatic heterocycles. The van der Waals surface area contributed by atoms with Gasteiger partial charge in [-0.3, -0.25) is 10.1 Å². The molecule has 26 heavy (non-hydrogen) atoms. The van der Waals surface area contributed by atoms with Gasteiger partial charge in [0.05, 0.1) is 22.1 Å². The van der Waals surface area contributed by atoms with Crippen molar-refractivity contribution >= 4 is 63.0 Å². The molecule has 0 saturated heterocycles. The van der Waals surface area contributed by atoms with Gasteiger partial charge in [0, 0.05) is 17.8 Å². The zero-order chi connectivity index (χ0) is 19.1. The number of fused-ring (bicyclic) bond motifs is 1. The highest BCUT2D eigenvalue weighted by atomic mass is 35.5. The zero-order valence-electron chi connectivity index (χ0n) is 14.4. The van der Waals surface area contributed by atoms with Crippen molar-refractivity contribution in [3.63, 3.8) is 0 Å². The van der Waals surface area contributed by atoms with E-state index in [1.807, 2.05) is 20.8 Å². The standard InChI is InChI=1S/C16H17Cl2N3O3S2/c1-16(2,3)24-15(23)21-5-4-9-10(7-21)25-14(19-9)20-13(22)8-6-11(17)26-12(8)18/h6H,4-5,7H2,1-3H3,(H,19,20,22). The van der Waals surface area contributed by atoms with Gasteiger partial charge in [0.1, 0.15) is 9.94 Å². The molecule has 1 N–H and O–H groups in total. The first kappa shape index (κ1) is 19.4. The molecule has 0 unspecified atom stereocenters. The summed E-state index contributed by atoms with van der Waals surface area (Å²) in [5, 5.41) is 3.23. The molecule has 2 aromatic heterocycles. The average molecular weight is 434 g/mol. The summed E-state index contributed by atoms with van der Waals surface area (Å²) in [5.74, 6) is -0.353. The lowest BCUT2D eigenvalue weighted by Crippen LogP contribution is -2.39. The Kier molecular flexibility index (Phi) is 5.48. The molecule has 0 fully saturated rings. The van der Waals surface area contributed by atoms with Crippen molar-refractivity contribution in [3.05, 3.63) is 30.9 Å². The van der Waals surface area contributed by atoms with Crippen LogP contribution < -0.4 is 5.32 Å². The second-order valence-corrected chi connectivity index (χ2v) is 10.1. The number of anilines is 1. The minimum absolute atomic E-state index is 0.324. The fraction of sp³-hybridized carbons (Fsp3) is 0.438. The van der Waals surface area contributed by atoms with Gasteiger partial charge in [0.25, 0.3) is 5.91 Å². The second-order valence-electron chi connectivity index (χ2n) is 6.73. The Morgan fingerprint density at radius 1 is 1.31 bits per heavy atom. The Bertz CT molecular complexity index is 858. The maximum atomic E-state index is 12.3. The largest absolute Gasteiger partial charge is 0.444 e. The van der Waals surface area contributed by atoms with Crippen LogP contribution in [0.25, 0.3) is 0 Å². The van der Waals surface area contributed by atoms with E-state index in [0.717, 1.165) is 21.9 Å². The van der Waals surface area contributed by atoms with Gasteiger partial charge in [-0.15, -0.1) is 11.3 Å². The monoisotopic (exact) mass is 433 g/mol. The topological polar surface area (TPSA) is 71.5 Å². The number of carbonyl (C=O) groups is 2. The van der Waals surface area contributed by atoms with Crippen molar-refractivity contribution < 1.29 is 14.3 Å². The molecule has 0 radical (unpaired) electrons. The predicted octanol–water partition coefficient (Wildman–Crippen LogP) is 5.06. The molecule has 140 valence electrons. The third kappa shape index (κ3) is 4.49. The summed E-state index contributed by atoms with van der Waals surface area (Å²) in [6, 6.07) is 1.53. The summed E-state index contributed by atoms with van der Waals surface area (Å²) in [5.41, 5.74) is 0.676. The van der Waals surface area contributed by atoms with Crippen molar-refractivity contribution in [2.45, 2.75) is 39.3 Å². The van der Waals surface area contributed by atoms with Gasteiger partial charge in [-0.2, -0.15) is 0 Å². The fourth-order valence-electron chi connectivity index (χ4n) is 2.39. The Hall–Kier alpha value is -1.35. The molecule has 2 aromatic rings. The van der Waals surface area contributed by atoms with Gasteiger partial charge in [-0.1, -0.05) is 34.5 Å². The molecule has 10 heteroatoms. The molecule has 3 rings (SSSR count). The highest BCUT2D eigenvalue weighted by molar-refractivity contribution is 7.20. The van der Waals surface area contributed by atoms with Crippen molar-refractivity contribution in [1.29, 1.82) is 0 Å². The molecule has 0 atom stereocenters. The SMILES string of the molecule is CC(C)(C)OC(=O)N1CCc2nc(NC(=O)c3cc(Cl)sc3Cl)sc2C1. The van der Waals surface area contributed by atoms with Crippen molar-refractivity contribution in [1.82, 2.24) is 9.88 Å². The first-order valence-corrected chi connectivity index (χ1v) is 10.2. The molecule has 2 amide bonds. The number of hydrogen-bond acceptors (Lipinski definition) is 6. The molecule has 0 aromatic carbocycles. The number of rotatable bonds is 2. The Labute approximate surface area is 169 Å². The molecular weight excluding hydrogens is 417 g/mol. The highest BCUT2D eigenvalue weighted by Crippen LogP contribution is 2.33. The van der Waals surface area contributed by atoms with Crippen LogP contribution in [0.1, 0.15) is 41.7 Å². The lowest BCUT2D eigenvalue weighted by Gasteiger charge is -2.29. The Balaban J connectivity index is 1.69. The summed E-state index contributed by atoms with van der Waals surface area (Å²) in [7, 11) is 0. The van der Waals surface area contributed by atoms with Gasteiger partial charge < -0.3 is 9.64 Å². The van der Waals surface area contributed by atoms with E-state index in [-0.39, 0.29) is 12.0 Å². The van der Waals surface area contributed by atoms with E-state index in [9.17, 15) is 9.59 Å². The van der Waals surface area contributed by atoms with E-state index >= 15 is 0 Å². The number of halogens is 2. The number of ether oxygens (including phenoxy) is 1. The molecule has 3 heterocycles. The van der Waals surface area contributed by atoms with Crippen molar-refractivity contribution in [2.75, 3.05) is 11.9 Å². The maximum Gasteiger partial charge on any atom is 0.410 e. The Morgan fingerprint density at radius 3 is 2.65 bits per heavy atom. The smallest absolute Gasteiger partial charge is 0.410 e. The van der Waals surface area contributed by atoms with Gasteiger partial charge in [-0.25, -0.2) is 9.78 Å². The summed E-state index contributed by atoms with van der Waals surface area (Å²) >= 11 is 14.4. The van der Waals surface area contributed by atoms with Gasteiger partial charge in [0.2, 0.25) is 0 Å². The van der Waals surface area contributed by atoms with E-state index in [1.165, 1.54) is 17.4 Å². The zero-order valence-corrected chi connectivity index (χ0v) is 17.5. The minimum atomic E-state index is -0.536. The number of aromatic nitrogens is 1. The minimum Gasteiger partial charge on any atom is -0.444 e. The molecule has 0 aliphatic carbocycles. The molecular formula is C16H17Cl2N3O3S2. The van der Waals surface area contributed by atoms with Crippen molar-refractivity contribution in [2.24, 2.45) is 0 Å². The lowest BCUT2D eigenvalue weighted by molar-refractivity contribution is 0.0225. The van der Waals surface area contributed by atoms with Crippen LogP contribution in [-0.2, 0) is 17.7 Å². The number of nitrogens with one attached hydrogen (secondary N) is 1. The maximum absolute atomic E-state index is 12.3. The molecule has 1 aliphatic rings. The van der Waals surface area contributed by atoms with Crippen LogP contribution >= 0.6 is 45.9 Å². The van der Waals surface area contributed by atoms with Crippen LogP contribution in [0.5, 0.6) is 0 Å². The number of thiophene rings is 1. The second kappa shape index (κ2) is 7.34. The van der Waals surface area contributed by atoms with Crippen LogP contribution in [0.15, 0.2) is 6.07 Å². The van der Waals surface area contributed by atoms with E-state index in [1.54, 1.807) is 4.90 Å². The molecule has 0 bridgehead atoms. The summed E-state index contributed by atoms with van der Waals surface area (Å²) in [6.45, 7) is 6.46. The van der Waals surface area contributed by atoms with Crippen molar-refractivity contribution in [3.8, 4) is 0 Å². The molecule has 0 spiro atoms. The Morgan fingerprint density at radius 2 is 2.04 bits per heavy atom. The summed E-state index contributed by atoms with van der Waals surface area (Å²) < 4.78 is 6.20. The van der Waals surface area contributed by atoms with Crippen LogP contribution in [-0.4, -0.2) is 34.0 Å². The number of amides is 2. The number of hydrogen-bond donors (Lipinski definition) is 1. The van der Waals surface area contributed by atoms with Crippen LogP contribution in [0.4, 0.5) is 9.93 Å². The van der Waals surface area contributed by atoms with Crippen LogP contribution in [0.3, 0.4) is 0 Å². The van der Waals surface area contributed by atoms with E-state index in [0.29, 0.717) is 38.9 Å². The van der Waals surface area contributed by atoms with Crippen LogP contribution in [0.2, 0.25) is 8.67 Å². The fourth-order valence-corrected chi connectivity index (χ4v) is 4.87. The number of carbonyl (C=O) groups excluding carboxylic acids is 2. The normalized spacial score (nSPS) is 14.1. The third-order valence-electron chi connectivity index (χ3n) is 3.50. The first-order chi connectivity index (χ1) is 12.1. The quantitative estimate of drug-likeness (QED) is 0.718. The average Bonchev–Trinajstić information content (AvgIpc) is 3.06. The van der Waals surface area contributed by atoms with E-state index < -0.39 is 5.60 Å². The van der Waals surface area contributed by atoms with E-state index in [2.05, 4.69) is 10.3 Å². The van der Waals surface area contributed by atoms with Gasteiger partial charge in [-0.05, 0) is 26.8 Å². The predicted molar refractivity (Wildman–Crippen MR) is 105 cm³/mol. The first-order valence-electron chi connectivity index (χ1n) is 7.85. The molecule has 6 nitrogen and oxygen atoms in total. The van der Waals surface area contributed by atoms with Crippen LogP contribution in [0, 0.1) is 0 Å². The lowest BCUT2D eigenvalue weighted by atomic mass is 10.2. The van der Waals surface area contributed by atoms with E-state index in [4.69, 9.17) is 27.9 Å². The number of nitrogens with zero attached hydrogens (tertiary/aromatic N) is 2. The highest BCUT2D eigenvalue weighted by Gasteiger charge is 2.28. The number of thiazole rings is 1. The summed E-state index contributed by atoms with van der Waals surface area (Å²) in [6.07, 6.45) is 0.272. The third-order valence-corrected chi connectivity index (χ3v) is 5.99.